The summed E-state index contributed by atoms with van der Waals surface area (Å²) in [5.41, 5.74) is 0.718. The predicted molar refractivity (Wildman–Crippen MR) is 70.0 cm³/mol. The zero-order valence-corrected chi connectivity index (χ0v) is 11.5. The summed E-state index contributed by atoms with van der Waals surface area (Å²) in [4.78, 5) is 0. The number of rotatable bonds is 3. The molecule has 0 spiro atoms. The summed E-state index contributed by atoms with van der Waals surface area (Å²) in [5, 5.41) is 3.43. The smallest absolute Gasteiger partial charge is 0.168 e. The van der Waals surface area contributed by atoms with Crippen LogP contribution in [0.1, 0.15) is 24.8 Å². The molecule has 1 aromatic rings. The number of hydrogen-bond donors (Lipinski definition) is 1. The molecule has 1 N–H and O–H groups in total. The van der Waals surface area contributed by atoms with Gasteiger partial charge in [0, 0.05) is 10.5 Å². The van der Waals surface area contributed by atoms with E-state index in [4.69, 9.17) is 4.74 Å². The van der Waals surface area contributed by atoms with Gasteiger partial charge in [-0.05, 0) is 43.5 Å². The molecule has 4 heteroatoms. The van der Waals surface area contributed by atoms with E-state index in [1.54, 1.807) is 6.07 Å². The van der Waals surface area contributed by atoms with Crippen molar-refractivity contribution >= 4 is 15.9 Å². The number of halogens is 2. The Kier molecular flexibility index (Phi) is 4.40. The van der Waals surface area contributed by atoms with Crippen LogP contribution in [-0.2, 0) is 6.42 Å². The number of piperidine rings is 1. The van der Waals surface area contributed by atoms with Crippen LogP contribution in [0.4, 0.5) is 4.39 Å². The maximum absolute atomic E-state index is 14.0. The first-order valence-electron chi connectivity index (χ1n) is 5.96. The summed E-state index contributed by atoms with van der Waals surface area (Å²) in [6.45, 7) is 1.04. The molecular formula is C13H17BrFNO. The van der Waals surface area contributed by atoms with E-state index < -0.39 is 0 Å². The lowest BCUT2D eigenvalue weighted by Crippen LogP contribution is -2.35. The van der Waals surface area contributed by atoms with Crippen LogP contribution in [0.5, 0.6) is 5.75 Å². The van der Waals surface area contributed by atoms with Gasteiger partial charge in [0.15, 0.2) is 11.6 Å². The molecule has 0 radical (unpaired) electrons. The molecule has 0 saturated carbocycles. The zero-order valence-electron chi connectivity index (χ0n) is 9.93. The fourth-order valence-electron chi connectivity index (χ4n) is 2.28. The number of methoxy groups -OCH3 is 1. The molecule has 94 valence electrons. The summed E-state index contributed by atoms with van der Waals surface area (Å²) in [5.74, 6) is 0.0771. The second-order valence-corrected chi connectivity index (χ2v) is 5.35. The van der Waals surface area contributed by atoms with Crippen LogP contribution >= 0.6 is 15.9 Å². The van der Waals surface area contributed by atoms with Crippen LogP contribution in [0.25, 0.3) is 0 Å². The van der Waals surface area contributed by atoms with Crippen molar-refractivity contribution in [3.8, 4) is 5.75 Å². The maximum atomic E-state index is 14.0. The van der Waals surface area contributed by atoms with Gasteiger partial charge >= 0.3 is 0 Å². The van der Waals surface area contributed by atoms with Gasteiger partial charge in [0.1, 0.15) is 0 Å². The monoisotopic (exact) mass is 301 g/mol. The molecule has 1 aliphatic rings. The molecule has 2 nitrogen and oxygen atoms in total. The van der Waals surface area contributed by atoms with E-state index in [1.807, 2.05) is 6.07 Å². The highest BCUT2D eigenvalue weighted by molar-refractivity contribution is 9.10. The Bertz CT molecular complexity index is 391. The third-order valence-corrected chi connectivity index (χ3v) is 3.64. The first kappa shape index (κ1) is 12.8. The van der Waals surface area contributed by atoms with Crippen LogP contribution < -0.4 is 10.1 Å². The lowest BCUT2D eigenvalue weighted by molar-refractivity contribution is 0.373. The van der Waals surface area contributed by atoms with Crippen molar-refractivity contribution in [3.05, 3.63) is 28.0 Å². The van der Waals surface area contributed by atoms with E-state index in [9.17, 15) is 4.39 Å². The largest absolute Gasteiger partial charge is 0.494 e. The van der Waals surface area contributed by atoms with Crippen molar-refractivity contribution < 1.29 is 9.13 Å². The minimum Gasteiger partial charge on any atom is -0.494 e. The van der Waals surface area contributed by atoms with Gasteiger partial charge in [-0.25, -0.2) is 4.39 Å². The molecule has 0 bridgehead atoms. The molecule has 2 rings (SSSR count). The van der Waals surface area contributed by atoms with Crippen LogP contribution in [0.2, 0.25) is 0 Å². The van der Waals surface area contributed by atoms with Crippen LogP contribution in [0.15, 0.2) is 16.6 Å². The minimum absolute atomic E-state index is 0.233. The summed E-state index contributed by atoms with van der Waals surface area (Å²) in [6.07, 6.45) is 4.29. The second-order valence-electron chi connectivity index (χ2n) is 4.43. The van der Waals surface area contributed by atoms with E-state index in [-0.39, 0.29) is 5.82 Å². The normalized spacial score (nSPS) is 20.3. The maximum Gasteiger partial charge on any atom is 0.168 e. The Morgan fingerprint density at radius 1 is 1.47 bits per heavy atom. The Morgan fingerprint density at radius 3 is 2.94 bits per heavy atom. The topological polar surface area (TPSA) is 21.3 Å². The van der Waals surface area contributed by atoms with Crippen LogP contribution in [0.3, 0.4) is 0 Å². The third-order valence-electron chi connectivity index (χ3n) is 3.18. The molecule has 1 fully saturated rings. The van der Waals surface area contributed by atoms with E-state index in [0.29, 0.717) is 11.8 Å². The molecular weight excluding hydrogens is 285 g/mol. The summed E-state index contributed by atoms with van der Waals surface area (Å²) >= 11 is 3.39. The number of nitrogens with one attached hydrogen (secondary N) is 1. The van der Waals surface area contributed by atoms with E-state index in [1.165, 1.54) is 20.0 Å². The minimum atomic E-state index is -0.233. The van der Waals surface area contributed by atoms with Crippen molar-refractivity contribution in [3.63, 3.8) is 0 Å². The Hall–Kier alpha value is -0.610. The van der Waals surface area contributed by atoms with Crippen molar-refractivity contribution in [2.75, 3.05) is 13.7 Å². The van der Waals surface area contributed by atoms with Crippen LogP contribution in [-0.4, -0.2) is 19.7 Å². The fourth-order valence-corrected chi connectivity index (χ4v) is 2.76. The summed E-state index contributed by atoms with van der Waals surface area (Å²) in [6, 6.07) is 3.89. The second kappa shape index (κ2) is 5.83. The van der Waals surface area contributed by atoms with Gasteiger partial charge in [-0.2, -0.15) is 0 Å². The first-order chi connectivity index (χ1) is 8.20. The SMILES string of the molecule is COc1cc(Br)cc(CC2CCCCN2)c1F. The Morgan fingerprint density at radius 2 is 2.29 bits per heavy atom. The highest BCUT2D eigenvalue weighted by Crippen LogP contribution is 2.27. The molecule has 1 aromatic carbocycles. The number of benzene rings is 1. The van der Waals surface area contributed by atoms with Crippen molar-refractivity contribution in [1.82, 2.24) is 5.32 Å². The average Bonchev–Trinajstić information content (AvgIpc) is 2.34. The molecule has 1 saturated heterocycles. The first-order valence-corrected chi connectivity index (χ1v) is 6.75. The quantitative estimate of drug-likeness (QED) is 0.925. The molecule has 1 aliphatic heterocycles. The number of hydrogen-bond acceptors (Lipinski definition) is 2. The molecule has 0 aliphatic carbocycles. The van der Waals surface area contributed by atoms with Crippen molar-refractivity contribution in [2.45, 2.75) is 31.7 Å². The van der Waals surface area contributed by atoms with Gasteiger partial charge in [-0.1, -0.05) is 22.4 Å². The van der Waals surface area contributed by atoms with E-state index in [2.05, 4.69) is 21.2 Å². The van der Waals surface area contributed by atoms with Gasteiger partial charge in [0.2, 0.25) is 0 Å². The van der Waals surface area contributed by atoms with Gasteiger partial charge in [0.05, 0.1) is 7.11 Å². The molecule has 17 heavy (non-hydrogen) atoms. The molecule has 1 heterocycles. The zero-order chi connectivity index (χ0) is 12.3. The highest BCUT2D eigenvalue weighted by Gasteiger charge is 2.17. The van der Waals surface area contributed by atoms with E-state index >= 15 is 0 Å². The van der Waals surface area contributed by atoms with Gasteiger partial charge in [-0.3, -0.25) is 0 Å². The fraction of sp³-hybridized carbons (Fsp3) is 0.538. The van der Waals surface area contributed by atoms with Crippen LogP contribution in [0, 0.1) is 5.82 Å². The standard InChI is InChI=1S/C13H17BrFNO/c1-17-12-8-10(14)6-9(13(12)15)7-11-4-2-3-5-16-11/h6,8,11,16H,2-5,7H2,1H3. The van der Waals surface area contributed by atoms with Crippen molar-refractivity contribution in [2.24, 2.45) is 0 Å². The molecule has 0 amide bonds. The lowest BCUT2D eigenvalue weighted by Gasteiger charge is -2.24. The third kappa shape index (κ3) is 3.19. The summed E-state index contributed by atoms with van der Waals surface area (Å²) < 4.78 is 19.9. The molecule has 0 aromatic heterocycles. The average molecular weight is 302 g/mol. The van der Waals surface area contributed by atoms with E-state index in [0.717, 1.165) is 29.4 Å². The summed E-state index contributed by atoms with van der Waals surface area (Å²) in [7, 11) is 1.49. The number of ether oxygens (including phenoxy) is 1. The predicted octanol–water partition coefficient (Wildman–Crippen LogP) is 3.28. The Labute approximate surface area is 110 Å². The van der Waals surface area contributed by atoms with Crippen molar-refractivity contribution in [1.29, 1.82) is 0 Å². The molecule has 1 atom stereocenters. The van der Waals surface area contributed by atoms with Gasteiger partial charge in [-0.15, -0.1) is 0 Å². The van der Waals surface area contributed by atoms with Gasteiger partial charge < -0.3 is 10.1 Å². The Balaban J connectivity index is 2.16. The van der Waals surface area contributed by atoms with Gasteiger partial charge in [0.25, 0.3) is 0 Å². The molecule has 1 unspecified atom stereocenters. The highest BCUT2D eigenvalue weighted by atomic mass is 79.9. The lowest BCUT2D eigenvalue weighted by atomic mass is 9.97.